The van der Waals surface area contributed by atoms with Crippen molar-refractivity contribution in [3.05, 3.63) is 89.2 Å². The highest BCUT2D eigenvalue weighted by Crippen LogP contribution is 2.36. The molecule has 5 nitrogen and oxygen atoms in total. The van der Waals surface area contributed by atoms with E-state index >= 15 is 0 Å². The van der Waals surface area contributed by atoms with Crippen LogP contribution in [0.3, 0.4) is 0 Å². The highest BCUT2D eigenvalue weighted by molar-refractivity contribution is 5.94. The number of carbonyl (C=O) groups is 2. The molecule has 0 spiro atoms. The standard InChI is InChI=1S/C12H10N2O2.C10H6F6O/c13-12(15)9-3-5-10(6-4-9)16-11-2-1-7-14-8-11;1-5(17)6-2-7(9(11,12)13)4-8(3-6)10(14,15)16/h1-8H,(H2,13,15);2-4H,1H3. The Morgan fingerprint density at radius 2 is 1.36 bits per heavy atom. The first kappa shape index (κ1) is 25.4. The third kappa shape index (κ3) is 7.63. The molecule has 174 valence electrons. The van der Waals surface area contributed by atoms with Gasteiger partial charge in [0.15, 0.2) is 5.78 Å². The molecule has 11 heteroatoms. The fourth-order valence-corrected chi connectivity index (χ4v) is 2.39. The topological polar surface area (TPSA) is 82.3 Å². The molecule has 0 aliphatic heterocycles. The molecule has 0 aliphatic carbocycles. The van der Waals surface area contributed by atoms with E-state index in [-0.39, 0.29) is 6.07 Å². The number of pyridine rings is 1. The van der Waals surface area contributed by atoms with Gasteiger partial charge in [0.05, 0.1) is 17.3 Å². The first-order chi connectivity index (χ1) is 15.3. The quantitative estimate of drug-likeness (QED) is 0.380. The summed E-state index contributed by atoms with van der Waals surface area (Å²) in [5.74, 6) is -0.0261. The normalized spacial score (nSPS) is 11.2. The lowest BCUT2D eigenvalue weighted by Crippen LogP contribution is -2.12. The van der Waals surface area contributed by atoms with Crippen LogP contribution in [0.4, 0.5) is 26.3 Å². The van der Waals surface area contributed by atoms with Crippen molar-refractivity contribution in [1.82, 2.24) is 4.98 Å². The first-order valence-corrected chi connectivity index (χ1v) is 9.05. The monoisotopic (exact) mass is 470 g/mol. The number of hydrogen-bond donors (Lipinski definition) is 1. The number of rotatable bonds is 4. The van der Waals surface area contributed by atoms with Crippen molar-refractivity contribution in [2.24, 2.45) is 5.73 Å². The van der Waals surface area contributed by atoms with Crippen LogP contribution < -0.4 is 10.5 Å². The SMILES string of the molecule is CC(=O)c1cc(C(F)(F)F)cc(C(F)(F)F)c1.NC(=O)c1ccc(Oc2cccnc2)cc1. The number of ether oxygens (including phenoxy) is 1. The molecule has 3 rings (SSSR count). The van der Waals surface area contributed by atoms with Gasteiger partial charge in [0.25, 0.3) is 0 Å². The Labute approximate surface area is 183 Å². The second-order valence-electron chi connectivity index (χ2n) is 6.53. The van der Waals surface area contributed by atoms with Gasteiger partial charge >= 0.3 is 12.4 Å². The van der Waals surface area contributed by atoms with Crippen molar-refractivity contribution in [3.63, 3.8) is 0 Å². The molecule has 0 saturated carbocycles. The minimum Gasteiger partial charge on any atom is -0.456 e. The van der Waals surface area contributed by atoms with Crippen LogP contribution in [0.2, 0.25) is 0 Å². The van der Waals surface area contributed by atoms with E-state index in [0.717, 1.165) is 6.92 Å². The maximum atomic E-state index is 12.3. The Kier molecular flexibility index (Phi) is 7.81. The number of aromatic nitrogens is 1. The first-order valence-electron chi connectivity index (χ1n) is 9.05. The van der Waals surface area contributed by atoms with Gasteiger partial charge in [0.1, 0.15) is 11.5 Å². The summed E-state index contributed by atoms with van der Waals surface area (Å²) in [5, 5.41) is 0. The summed E-state index contributed by atoms with van der Waals surface area (Å²) in [6.07, 6.45) is -6.57. The molecule has 0 atom stereocenters. The molecular weight excluding hydrogens is 454 g/mol. The molecule has 1 amide bonds. The van der Waals surface area contributed by atoms with Crippen LogP contribution in [0.25, 0.3) is 0 Å². The van der Waals surface area contributed by atoms with E-state index in [1.807, 2.05) is 0 Å². The second kappa shape index (κ2) is 10.2. The summed E-state index contributed by atoms with van der Waals surface area (Å²) in [6, 6.07) is 11.0. The predicted molar refractivity (Wildman–Crippen MR) is 106 cm³/mol. The average Bonchev–Trinajstić information content (AvgIpc) is 2.74. The average molecular weight is 470 g/mol. The zero-order chi connectivity index (χ0) is 24.8. The van der Waals surface area contributed by atoms with Gasteiger partial charge < -0.3 is 10.5 Å². The number of nitrogens with zero attached hydrogens (tertiary/aromatic N) is 1. The largest absolute Gasteiger partial charge is 0.456 e. The lowest BCUT2D eigenvalue weighted by molar-refractivity contribution is -0.143. The van der Waals surface area contributed by atoms with Crippen LogP contribution in [0.1, 0.15) is 38.8 Å². The number of primary amides is 1. The van der Waals surface area contributed by atoms with Crippen molar-refractivity contribution in [2.45, 2.75) is 19.3 Å². The Morgan fingerprint density at radius 1 is 0.818 bits per heavy atom. The molecule has 2 N–H and O–H groups in total. The number of amides is 1. The van der Waals surface area contributed by atoms with Gasteiger partial charge in [-0.15, -0.1) is 0 Å². The minimum atomic E-state index is -4.93. The summed E-state index contributed by atoms with van der Waals surface area (Å²) in [5.41, 5.74) is 1.99. The van der Waals surface area contributed by atoms with E-state index in [1.54, 1.807) is 48.8 Å². The van der Waals surface area contributed by atoms with Crippen molar-refractivity contribution in [3.8, 4) is 11.5 Å². The Bertz CT molecular complexity index is 1080. The van der Waals surface area contributed by atoms with Crippen LogP contribution in [0.15, 0.2) is 67.0 Å². The van der Waals surface area contributed by atoms with Crippen molar-refractivity contribution >= 4 is 11.7 Å². The van der Waals surface area contributed by atoms with E-state index < -0.39 is 40.7 Å². The third-order valence-electron chi connectivity index (χ3n) is 4.00. The van der Waals surface area contributed by atoms with Gasteiger partial charge in [0, 0.05) is 17.3 Å². The number of alkyl halides is 6. The Morgan fingerprint density at radius 3 is 1.76 bits per heavy atom. The van der Waals surface area contributed by atoms with Crippen LogP contribution in [-0.4, -0.2) is 16.7 Å². The highest BCUT2D eigenvalue weighted by atomic mass is 19.4. The molecule has 2 aromatic carbocycles. The second-order valence-corrected chi connectivity index (χ2v) is 6.53. The van der Waals surface area contributed by atoms with E-state index in [4.69, 9.17) is 10.5 Å². The number of Topliss-reactive ketones (excluding diaryl/α,β-unsaturated/α-hetero) is 1. The summed E-state index contributed by atoms with van der Waals surface area (Å²) in [7, 11) is 0. The Hall–Kier alpha value is -3.89. The van der Waals surface area contributed by atoms with Gasteiger partial charge in [-0.25, -0.2) is 0 Å². The molecule has 3 aromatic rings. The molecule has 0 fully saturated rings. The summed E-state index contributed by atoms with van der Waals surface area (Å²) < 4.78 is 79.4. The summed E-state index contributed by atoms with van der Waals surface area (Å²) >= 11 is 0. The number of carbonyl (C=O) groups excluding carboxylic acids is 2. The van der Waals surface area contributed by atoms with Gasteiger partial charge in [-0.3, -0.25) is 14.6 Å². The van der Waals surface area contributed by atoms with Gasteiger partial charge in [-0.05, 0) is 61.5 Å². The van der Waals surface area contributed by atoms with Gasteiger partial charge in [-0.2, -0.15) is 26.3 Å². The molecule has 33 heavy (non-hydrogen) atoms. The molecule has 0 bridgehead atoms. The fraction of sp³-hybridized carbons (Fsp3) is 0.136. The lowest BCUT2D eigenvalue weighted by Gasteiger charge is -2.12. The number of ketones is 1. The van der Waals surface area contributed by atoms with Crippen molar-refractivity contribution in [1.29, 1.82) is 0 Å². The third-order valence-corrected chi connectivity index (χ3v) is 4.00. The van der Waals surface area contributed by atoms with Crippen LogP contribution in [-0.2, 0) is 12.4 Å². The Balaban J connectivity index is 0.000000234. The van der Waals surface area contributed by atoms with E-state index in [0.29, 0.717) is 29.2 Å². The fourth-order valence-electron chi connectivity index (χ4n) is 2.39. The number of hydrogen-bond acceptors (Lipinski definition) is 4. The summed E-state index contributed by atoms with van der Waals surface area (Å²) in [6.45, 7) is 0.898. The molecule has 0 aliphatic rings. The van der Waals surface area contributed by atoms with Crippen molar-refractivity contribution < 1.29 is 40.7 Å². The smallest absolute Gasteiger partial charge is 0.416 e. The highest BCUT2D eigenvalue weighted by Gasteiger charge is 2.37. The maximum absolute atomic E-state index is 12.3. The zero-order valence-corrected chi connectivity index (χ0v) is 16.9. The summed E-state index contributed by atoms with van der Waals surface area (Å²) in [4.78, 5) is 25.6. The van der Waals surface area contributed by atoms with Gasteiger partial charge in [0.2, 0.25) is 5.91 Å². The van der Waals surface area contributed by atoms with E-state index in [2.05, 4.69) is 4.98 Å². The van der Waals surface area contributed by atoms with Crippen molar-refractivity contribution in [2.75, 3.05) is 0 Å². The predicted octanol–water partition coefficient (Wildman–Crippen LogP) is 5.90. The molecule has 0 unspecified atom stereocenters. The van der Waals surface area contributed by atoms with Crippen LogP contribution in [0.5, 0.6) is 11.5 Å². The molecule has 0 radical (unpaired) electrons. The van der Waals surface area contributed by atoms with Crippen LogP contribution in [0, 0.1) is 0 Å². The molecule has 1 heterocycles. The van der Waals surface area contributed by atoms with E-state index in [9.17, 15) is 35.9 Å². The van der Waals surface area contributed by atoms with E-state index in [1.165, 1.54) is 0 Å². The number of benzene rings is 2. The molecular formula is C22H16F6N2O3. The van der Waals surface area contributed by atoms with Gasteiger partial charge in [-0.1, -0.05) is 0 Å². The molecule has 1 aromatic heterocycles. The zero-order valence-electron chi connectivity index (χ0n) is 16.9. The maximum Gasteiger partial charge on any atom is 0.416 e. The number of halogens is 6. The lowest BCUT2D eigenvalue weighted by atomic mass is 10.0. The van der Waals surface area contributed by atoms with Crippen LogP contribution >= 0.6 is 0 Å². The molecule has 0 saturated heterocycles. The minimum absolute atomic E-state index is 0.0214. The number of nitrogens with two attached hydrogens (primary N) is 1.